The smallest absolute Gasteiger partial charge is 0.414 e. The Kier molecular flexibility index (Phi) is 6.04. The van der Waals surface area contributed by atoms with Gasteiger partial charge in [0.05, 0.1) is 25.9 Å². The van der Waals surface area contributed by atoms with Crippen LogP contribution in [-0.4, -0.2) is 53.6 Å². The number of halogens is 2. The van der Waals surface area contributed by atoms with Gasteiger partial charge in [0, 0.05) is 12.5 Å². The molecule has 3 rings (SSSR count). The van der Waals surface area contributed by atoms with Crippen LogP contribution in [0.15, 0.2) is 6.20 Å². The molecule has 0 radical (unpaired) electrons. The lowest BCUT2D eigenvalue weighted by Gasteiger charge is -2.39. The van der Waals surface area contributed by atoms with Gasteiger partial charge in [-0.15, -0.1) is 0 Å². The van der Waals surface area contributed by atoms with Crippen LogP contribution in [-0.2, 0) is 4.79 Å². The van der Waals surface area contributed by atoms with Crippen LogP contribution < -0.4 is 25.4 Å². The fraction of sp³-hybridized carbons (Fsp3) is 0.667. The van der Waals surface area contributed by atoms with Gasteiger partial charge in [0.1, 0.15) is 0 Å². The number of carbonyl (C=O) groups excluding carboxylic acids is 2. The first kappa shape index (κ1) is 21.0. The van der Waals surface area contributed by atoms with E-state index in [1.165, 1.54) is 11.1 Å². The first-order valence-corrected chi connectivity index (χ1v) is 9.52. The van der Waals surface area contributed by atoms with Crippen LogP contribution in [0.3, 0.4) is 0 Å². The molecule has 1 saturated heterocycles. The van der Waals surface area contributed by atoms with Crippen molar-refractivity contribution in [2.24, 2.45) is 17.6 Å². The van der Waals surface area contributed by atoms with Crippen molar-refractivity contribution in [1.29, 1.82) is 0 Å². The summed E-state index contributed by atoms with van der Waals surface area (Å²) < 4.78 is 37.2. The standard InChI is InChI=1S/C18H25F2N5O4/c1-10(2)12(5-13(21)26)23-17(27)29-14-6-22-15(25-8-18(19,20)9-25)16(24-14)28-7-11-3-4-11/h6,10-12H,3-5,7-9H2,1-2H3,(H2,21,26)(H,23,27)/t12-/m0/s1. The average molecular weight is 413 g/mol. The molecule has 0 aromatic carbocycles. The molecule has 1 atom stereocenters. The maximum absolute atomic E-state index is 13.2. The molecule has 0 unspecified atom stereocenters. The summed E-state index contributed by atoms with van der Waals surface area (Å²) >= 11 is 0. The van der Waals surface area contributed by atoms with Gasteiger partial charge in [-0.25, -0.2) is 18.6 Å². The van der Waals surface area contributed by atoms with Crippen molar-refractivity contribution in [3.05, 3.63) is 6.20 Å². The summed E-state index contributed by atoms with van der Waals surface area (Å²) in [7, 11) is 0. The number of nitrogens with zero attached hydrogens (tertiary/aromatic N) is 3. The molecule has 1 saturated carbocycles. The lowest BCUT2D eigenvalue weighted by Crippen LogP contribution is -2.56. The number of alkyl halides is 2. The van der Waals surface area contributed by atoms with Crippen LogP contribution >= 0.6 is 0 Å². The van der Waals surface area contributed by atoms with Gasteiger partial charge in [-0.05, 0) is 24.7 Å². The molecule has 3 N–H and O–H groups in total. The lowest BCUT2D eigenvalue weighted by atomic mass is 10.0. The molecule has 1 aromatic rings. The Labute approximate surface area is 166 Å². The fourth-order valence-electron chi connectivity index (χ4n) is 2.80. The Morgan fingerprint density at radius 1 is 1.38 bits per heavy atom. The van der Waals surface area contributed by atoms with Crippen LogP contribution in [0.4, 0.5) is 19.4 Å². The third kappa shape index (κ3) is 5.88. The van der Waals surface area contributed by atoms with E-state index < -0.39 is 37.1 Å². The molecular weight excluding hydrogens is 388 g/mol. The van der Waals surface area contributed by atoms with Crippen LogP contribution in [0.5, 0.6) is 11.8 Å². The van der Waals surface area contributed by atoms with Crippen molar-refractivity contribution in [3.63, 3.8) is 0 Å². The van der Waals surface area contributed by atoms with E-state index in [2.05, 4.69) is 15.3 Å². The monoisotopic (exact) mass is 413 g/mol. The third-order valence-corrected chi connectivity index (χ3v) is 4.72. The van der Waals surface area contributed by atoms with Gasteiger partial charge in [0.15, 0.2) is 5.82 Å². The highest BCUT2D eigenvalue weighted by Gasteiger charge is 2.46. The van der Waals surface area contributed by atoms with Gasteiger partial charge in [0.2, 0.25) is 11.8 Å². The number of carbonyl (C=O) groups is 2. The Balaban J connectivity index is 1.67. The average Bonchev–Trinajstić information content (AvgIpc) is 3.41. The summed E-state index contributed by atoms with van der Waals surface area (Å²) in [6.45, 7) is 3.12. The summed E-state index contributed by atoms with van der Waals surface area (Å²) in [5, 5.41) is 2.57. The molecule has 2 aliphatic rings. The van der Waals surface area contributed by atoms with E-state index >= 15 is 0 Å². The van der Waals surface area contributed by atoms with E-state index in [9.17, 15) is 18.4 Å². The number of primary amides is 1. The first-order valence-electron chi connectivity index (χ1n) is 9.52. The highest BCUT2D eigenvalue weighted by molar-refractivity contribution is 5.76. The van der Waals surface area contributed by atoms with Crippen molar-refractivity contribution in [1.82, 2.24) is 15.3 Å². The zero-order valence-electron chi connectivity index (χ0n) is 16.4. The second kappa shape index (κ2) is 8.34. The summed E-state index contributed by atoms with van der Waals surface area (Å²) in [6, 6.07) is -0.499. The minimum atomic E-state index is -2.77. The minimum absolute atomic E-state index is 0.0314. The summed E-state index contributed by atoms with van der Waals surface area (Å²) in [6.07, 6.45) is 2.40. The molecule has 1 aliphatic carbocycles. The number of nitrogens with one attached hydrogen (secondary N) is 1. The molecule has 2 fully saturated rings. The van der Waals surface area contributed by atoms with E-state index in [1.54, 1.807) is 0 Å². The summed E-state index contributed by atoms with van der Waals surface area (Å²) in [4.78, 5) is 32.9. The molecule has 29 heavy (non-hydrogen) atoms. The zero-order chi connectivity index (χ0) is 21.2. The van der Waals surface area contributed by atoms with Crippen molar-refractivity contribution >= 4 is 17.8 Å². The van der Waals surface area contributed by atoms with E-state index in [-0.39, 0.29) is 29.9 Å². The highest BCUT2D eigenvalue weighted by Crippen LogP contribution is 2.37. The number of ether oxygens (including phenoxy) is 2. The molecule has 0 spiro atoms. The number of hydrogen-bond acceptors (Lipinski definition) is 7. The van der Waals surface area contributed by atoms with Crippen LogP contribution in [0.1, 0.15) is 33.1 Å². The maximum Gasteiger partial charge on any atom is 0.414 e. The lowest BCUT2D eigenvalue weighted by molar-refractivity contribution is -0.118. The summed E-state index contributed by atoms with van der Waals surface area (Å²) in [5.74, 6) is -2.84. The Hall–Kier alpha value is -2.72. The van der Waals surface area contributed by atoms with E-state index in [4.69, 9.17) is 15.2 Å². The molecule has 9 nitrogen and oxygen atoms in total. The van der Waals surface area contributed by atoms with Gasteiger partial charge >= 0.3 is 6.09 Å². The summed E-state index contributed by atoms with van der Waals surface area (Å²) in [5.41, 5.74) is 5.20. The van der Waals surface area contributed by atoms with Gasteiger partial charge in [-0.3, -0.25) is 4.79 Å². The molecule has 2 amide bonds. The Bertz CT molecular complexity index is 765. The van der Waals surface area contributed by atoms with Gasteiger partial charge in [0.25, 0.3) is 11.8 Å². The van der Waals surface area contributed by atoms with E-state index in [1.807, 2.05) is 13.8 Å². The topological polar surface area (TPSA) is 120 Å². The number of nitrogens with two attached hydrogens (primary N) is 1. The van der Waals surface area contributed by atoms with Gasteiger partial charge in [-0.1, -0.05) is 13.8 Å². The predicted molar refractivity (Wildman–Crippen MR) is 99.0 cm³/mol. The molecule has 160 valence electrons. The number of anilines is 1. The molecule has 2 heterocycles. The third-order valence-electron chi connectivity index (χ3n) is 4.72. The van der Waals surface area contributed by atoms with Crippen molar-refractivity contribution in [3.8, 4) is 11.8 Å². The molecule has 1 aliphatic heterocycles. The van der Waals surface area contributed by atoms with Crippen LogP contribution in [0.2, 0.25) is 0 Å². The molecule has 0 bridgehead atoms. The van der Waals surface area contributed by atoms with Crippen LogP contribution in [0, 0.1) is 11.8 Å². The predicted octanol–water partition coefficient (Wildman–Crippen LogP) is 1.71. The quantitative estimate of drug-likeness (QED) is 0.632. The molecule has 11 heteroatoms. The number of amides is 2. The SMILES string of the molecule is CC(C)[C@H](CC(N)=O)NC(=O)Oc1cnc(N2CC(F)(F)C2)c(OCC2CC2)n1. The van der Waals surface area contributed by atoms with E-state index in [0.717, 1.165) is 12.8 Å². The Morgan fingerprint density at radius 2 is 2.07 bits per heavy atom. The van der Waals surface area contributed by atoms with E-state index in [0.29, 0.717) is 12.5 Å². The zero-order valence-corrected chi connectivity index (χ0v) is 16.4. The normalized spacial score (nSPS) is 18.7. The minimum Gasteiger partial charge on any atom is -0.475 e. The van der Waals surface area contributed by atoms with Crippen molar-refractivity contribution < 1.29 is 27.8 Å². The largest absolute Gasteiger partial charge is 0.475 e. The number of rotatable bonds is 9. The van der Waals surface area contributed by atoms with Crippen molar-refractivity contribution in [2.75, 3.05) is 24.6 Å². The number of hydrogen-bond donors (Lipinski definition) is 2. The first-order chi connectivity index (χ1) is 13.6. The second-order valence-electron chi connectivity index (χ2n) is 7.86. The Morgan fingerprint density at radius 3 is 2.62 bits per heavy atom. The molecule has 1 aromatic heterocycles. The maximum atomic E-state index is 13.2. The fourth-order valence-corrected chi connectivity index (χ4v) is 2.80. The van der Waals surface area contributed by atoms with Crippen LogP contribution in [0.25, 0.3) is 0 Å². The second-order valence-corrected chi connectivity index (χ2v) is 7.86. The van der Waals surface area contributed by atoms with Crippen molar-refractivity contribution in [2.45, 2.75) is 45.1 Å². The van der Waals surface area contributed by atoms with Gasteiger partial charge < -0.3 is 25.4 Å². The number of aromatic nitrogens is 2. The molecular formula is C18H25F2N5O4. The van der Waals surface area contributed by atoms with Gasteiger partial charge in [-0.2, -0.15) is 4.98 Å². The highest BCUT2D eigenvalue weighted by atomic mass is 19.3.